The van der Waals surface area contributed by atoms with E-state index in [9.17, 15) is 0 Å². The Labute approximate surface area is 244 Å². The Morgan fingerprint density at radius 1 is 0.316 bits per heavy atom. The van der Waals surface area contributed by atoms with Gasteiger partial charge in [0.25, 0.3) is 0 Å². The van der Waals surface area contributed by atoms with Crippen molar-refractivity contribution in [3.8, 4) is 0 Å². The van der Waals surface area contributed by atoms with Crippen molar-refractivity contribution in [2.45, 2.75) is 214 Å². The van der Waals surface area contributed by atoms with Gasteiger partial charge in [0.2, 0.25) is 0 Å². The summed E-state index contributed by atoms with van der Waals surface area (Å²) in [4.78, 5) is 2.84. The molecule has 0 bridgehead atoms. The lowest BCUT2D eigenvalue weighted by molar-refractivity contribution is 0.253. The molecule has 0 unspecified atom stereocenters. The van der Waals surface area contributed by atoms with E-state index in [0.717, 1.165) is 5.92 Å². The maximum absolute atomic E-state index is 2.84. The van der Waals surface area contributed by atoms with Crippen molar-refractivity contribution in [2.24, 2.45) is 5.92 Å². The number of hydrogen-bond donors (Lipinski definition) is 0. The summed E-state index contributed by atoms with van der Waals surface area (Å²) in [7, 11) is 0. The largest absolute Gasteiger partial charge is 0.303 e. The predicted octanol–water partition coefficient (Wildman–Crippen LogP) is 13.3. The molecule has 0 N–H and O–H groups in total. The number of unbranched alkanes of at least 4 members (excludes halogenated alkanes) is 25. The Morgan fingerprint density at radius 3 is 0.816 bits per heavy atom. The number of rotatable bonds is 33. The molecule has 38 heavy (non-hydrogen) atoms. The Kier molecular flexibility index (Phi) is 33.1. The lowest BCUT2D eigenvalue weighted by Crippen LogP contribution is -2.27. The maximum atomic E-state index is 2.84. The fourth-order valence-electron chi connectivity index (χ4n) is 5.93. The average molecular weight is 536 g/mol. The first kappa shape index (κ1) is 38.0. The SMILES string of the molecule is CCCCCCCCCCCCCCN(CCCCCCCCCCCCCC)CCCCCCC(C)C. The molecule has 0 saturated carbocycles. The van der Waals surface area contributed by atoms with Crippen LogP contribution in [0.2, 0.25) is 0 Å². The first-order chi connectivity index (χ1) is 18.7. The molecule has 0 aromatic heterocycles. The number of nitrogens with zero attached hydrogens (tertiary/aromatic N) is 1. The van der Waals surface area contributed by atoms with E-state index in [-0.39, 0.29) is 0 Å². The summed E-state index contributed by atoms with van der Waals surface area (Å²) in [6.45, 7) is 13.4. The van der Waals surface area contributed by atoms with Crippen LogP contribution in [0.3, 0.4) is 0 Å². The molecule has 0 aromatic carbocycles. The molecular formula is C37H77N. The summed E-state index contributed by atoms with van der Waals surface area (Å²) in [5, 5.41) is 0. The molecule has 0 heterocycles. The van der Waals surface area contributed by atoms with Crippen molar-refractivity contribution in [3.05, 3.63) is 0 Å². The van der Waals surface area contributed by atoms with E-state index in [1.54, 1.807) is 0 Å². The highest BCUT2D eigenvalue weighted by atomic mass is 15.1. The van der Waals surface area contributed by atoms with E-state index < -0.39 is 0 Å². The van der Waals surface area contributed by atoms with Gasteiger partial charge in [-0.2, -0.15) is 0 Å². The molecule has 0 atom stereocenters. The van der Waals surface area contributed by atoms with Crippen LogP contribution in [0.1, 0.15) is 214 Å². The van der Waals surface area contributed by atoms with E-state index in [2.05, 4.69) is 32.6 Å². The molecule has 1 heteroatoms. The van der Waals surface area contributed by atoms with Gasteiger partial charge in [-0.25, -0.2) is 0 Å². The summed E-state index contributed by atoms with van der Waals surface area (Å²) in [6, 6.07) is 0. The van der Waals surface area contributed by atoms with Crippen LogP contribution in [0.25, 0.3) is 0 Å². The van der Waals surface area contributed by atoms with E-state index in [0.29, 0.717) is 0 Å². The summed E-state index contributed by atoms with van der Waals surface area (Å²) in [5.74, 6) is 0.878. The molecule has 0 amide bonds. The van der Waals surface area contributed by atoms with Gasteiger partial charge in [-0.05, 0) is 44.8 Å². The lowest BCUT2D eigenvalue weighted by Gasteiger charge is -2.22. The third-order valence-electron chi connectivity index (χ3n) is 8.66. The minimum atomic E-state index is 0.878. The molecule has 0 aromatic rings. The van der Waals surface area contributed by atoms with Gasteiger partial charge in [0.05, 0.1) is 0 Å². The molecule has 0 spiro atoms. The maximum Gasteiger partial charge on any atom is -0.00187 e. The second-order valence-electron chi connectivity index (χ2n) is 13.2. The fourth-order valence-corrected chi connectivity index (χ4v) is 5.93. The summed E-state index contributed by atoms with van der Waals surface area (Å²) >= 11 is 0. The van der Waals surface area contributed by atoms with Crippen LogP contribution < -0.4 is 0 Å². The van der Waals surface area contributed by atoms with Crippen LogP contribution in [0, 0.1) is 5.92 Å². The van der Waals surface area contributed by atoms with Crippen molar-refractivity contribution in [3.63, 3.8) is 0 Å². The highest BCUT2D eigenvalue weighted by Gasteiger charge is 2.05. The molecule has 0 fully saturated rings. The van der Waals surface area contributed by atoms with E-state index in [1.807, 2.05) is 0 Å². The van der Waals surface area contributed by atoms with Gasteiger partial charge in [-0.1, -0.05) is 195 Å². The predicted molar refractivity (Wildman–Crippen MR) is 177 cm³/mol. The van der Waals surface area contributed by atoms with Gasteiger partial charge in [0.15, 0.2) is 0 Å². The summed E-state index contributed by atoms with van der Waals surface area (Å²) in [5.41, 5.74) is 0. The third-order valence-corrected chi connectivity index (χ3v) is 8.66. The average Bonchev–Trinajstić information content (AvgIpc) is 2.91. The third kappa shape index (κ3) is 32.2. The van der Waals surface area contributed by atoms with Crippen LogP contribution in [-0.2, 0) is 0 Å². The van der Waals surface area contributed by atoms with E-state index in [1.165, 1.54) is 206 Å². The van der Waals surface area contributed by atoms with Gasteiger partial charge >= 0.3 is 0 Å². The van der Waals surface area contributed by atoms with Gasteiger partial charge in [-0.3, -0.25) is 0 Å². The standard InChI is InChI=1S/C37H77N/c1-5-7-9-11-13-15-17-19-21-23-26-30-34-38(36-32-28-25-29-33-37(3)4)35-31-27-24-22-20-18-16-14-12-10-8-6-2/h37H,5-36H2,1-4H3. The van der Waals surface area contributed by atoms with Crippen LogP contribution >= 0.6 is 0 Å². The number of hydrogen-bond acceptors (Lipinski definition) is 1. The Hall–Kier alpha value is -0.0400. The van der Waals surface area contributed by atoms with Crippen molar-refractivity contribution >= 4 is 0 Å². The monoisotopic (exact) mass is 536 g/mol. The van der Waals surface area contributed by atoms with Crippen LogP contribution in [-0.4, -0.2) is 24.5 Å². The lowest BCUT2D eigenvalue weighted by atomic mass is 10.0. The van der Waals surface area contributed by atoms with Gasteiger partial charge < -0.3 is 4.90 Å². The second kappa shape index (κ2) is 33.2. The smallest absolute Gasteiger partial charge is 0.00187 e. The zero-order chi connectivity index (χ0) is 27.8. The fraction of sp³-hybridized carbons (Fsp3) is 1.00. The summed E-state index contributed by atoms with van der Waals surface area (Å²) < 4.78 is 0. The van der Waals surface area contributed by atoms with Crippen molar-refractivity contribution in [1.82, 2.24) is 4.90 Å². The Morgan fingerprint density at radius 2 is 0.553 bits per heavy atom. The zero-order valence-electron chi connectivity index (χ0n) is 27.7. The molecule has 230 valence electrons. The molecular weight excluding hydrogens is 458 g/mol. The molecule has 0 aliphatic heterocycles. The molecule has 0 saturated heterocycles. The first-order valence-corrected chi connectivity index (χ1v) is 18.4. The highest BCUT2D eigenvalue weighted by molar-refractivity contribution is 4.61. The normalized spacial score (nSPS) is 11.8. The molecule has 0 aliphatic carbocycles. The van der Waals surface area contributed by atoms with Gasteiger partial charge in [0.1, 0.15) is 0 Å². The topological polar surface area (TPSA) is 3.24 Å². The quantitative estimate of drug-likeness (QED) is 0.0755. The van der Waals surface area contributed by atoms with Crippen molar-refractivity contribution in [2.75, 3.05) is 19.6 Å². The molecule has 0 rings (SSSR count). The minimum absolute atomic E-state index is 0.878. The van der Waals surface area contributed by atoms with E-state index >= 15 is 0 Å². The van der Waals surface area contributed by atoms with Crippen LogP contribution in [0.4, 0.5) is 0 Å². The van der Waals surface area contributed by atoms with E-state index in [4.69, 9.17) is 0 Å². The molecule has 0 aliphatic rings. The molecule has 0 radical (unpaired) electrons. The van der Waals surface area contributed by atoms with Gasteiger partial charge in [0, 0.05) is 0 Å². The Balaban J connectivity index is 3.82. The van der Waals surface area contributed by atoms with Crippen LogP contribution in [0.5, 0.6) is 0 Å². The van der Waals surface area contributed by atoms with Gasteiger partial charge in [-0.15, -0.1) is 0 Å². The minimum Gasteiger partial charge on any atom is -0.303 e. The van der Waals surface area contributed by atoms with Crippen molar-refractivity contribution in [1.29, 1.82) is 0 Å². The second-order valence-corrected chi connectivity index (χ2v) is 13.2. The molecule has 1 nitrogen and oxygen atoms in total. The van der Waals surface area contributed by atoms with Crippen LogP contribution in [0.15, 0.2) is 0 Å². The highest BCUT2D eigenvalue weighted by Crippen LogP contribution is 2.15. The summed E-state index contributed by atoms with van der Waals surface area (Å²) in [6.07, 6.45) is 42.2. The zero-order valence-corrected chi connectivity index (χ0v) is 27.7. The first-order valence-electron chi connectivity index (χ1n) is 18.4. The Bertz CT molecular complexity index is 376. The van der Waals surface area contributed by atoms with Crippen molar-refractivity contribution < 1.29 is 0 Å².